The van der Waals surface area contributed by atoms with Crippen molar-refractivity contribution in [1.29, 1.82) is 0 Å². The Morgan fingerprint density at radius 3 is 2.31 bits per heavy atom. The predicted molar refractivity (Wildman–Crippen MR) is 53.7 cm³/mol. The van der Waals surface area contributed by atoms with E-state index < -0.39 is 0 Å². The zero-order valence-electron chi connectivity index (χ0n) is 8.67. The van der Waals surface area contributed by atoms with Gasteiger partial charge in [-0.25, -0.2) is 0 Å². The van der Waals surface area contributed by atoms with Crippen LogP contribution in [0.25, 0.3) is 0 Å². The molecule has 1 N–H and O–H groups in total. The molecule has 78 valence electrons. The zero-order valence-corrected chi connectivity index (χ0v) is 8.67. The van der Waals surface area contributed by atoms with Crippen molar-refractivity contribution in [3.8, 4) is 0 Å². The van der Waals surface area contributed by atoms with E-state index in [4.69, 9.17) is 9.84 Å². The van der Waals surface area contributed by atoms with Crippen LogP contribution in [0, 0.1) is 0 Å². The van der Waals surface area contributed by atoms with E-state index in [1.54, 1.807) is 0 Å². The van der Waals surface area contributed by atoms with Gasteiger partial charge in [-0.1, -0.05) is 45.4 Å². The molecule has 0 spiro atoms. The average Bonchev–Trinajstić information content (AvgIpc) is 2.90. The lowest BCUT2D eigenvalue weighted by Gasteiger charge is -1.98. The molecule has 1 fully saturated rings. The summed E-state index contributed by atoms with van der Waals surface area (Å²) >= 11 is 0. The van der Waals surface area contributed by atoms with Crippen molar-refractivity contribution in [3.63, 3.8) is 0 Å². The topological polar surface area (TPSA) is 32.8 Å². The maximum absolute atomic E-state index is 8.72. The minimum Gasteiger partial charge on any atom is -0.394 e. The molecule has 0 aromatic rings. The molecule has 13 heavy (non-hydrogen) atoms. The second kappa shape index (κ2) is 6.39. The van der Waals surface area contributed by atoms with Gasteiger partial charge >= 0.3 is 0 Å². The van der Waals surface area contributed by atoms with Crippen LogP contribution in [0.1, 0.15) is 51.9 Å². The van der Waals surface area contributed by atoms with E-state index in [0.29, 0.717) is 6.10 Å². The van der Waals surface area contributed by atoms with Crippen LogP contribution in [-0.4, -0.2) is 23.9 Å². The number of unbranched alkanes of at least 4 members (excludes halogenated alkanes) is 5. The number of aliphatic hydroxyl groups is 1. The van der Waals surface area contributed by atoms with Crippen molar-refractivity contribution in [1.82, 2.24) is 0 Å². The van der Waals surface area contributed by atoms with Crippen LogP contribution in [0.3, 0.4) is 0 Å². The first kappa shape index (κ1) is 11.0. The Labute approximate surface area is 81.3 Å². The Balaban J connectivity index is 1.75. The molecule has 2 atom stereocenters. The summed E-state index contributed by atoms with van der Waals surface area (Å²) in [6, 6.07) is 0. The van der Waals surface area contributed by atoms with Gasteiger partial charge in [0.1, 0.15) is 6.10 Å². The Morgan fingerprint density at radius 1 is 1.00 bits per heavy atom. The normalized spacial score (nSPS) is 26.3. The van der Waals surface area contributed by atoms with Crippen LogP contribution in [0.15, 0.2) is 0 Å². The Hall–Kier alpha value is -0.0800. The number of epoxide rings is 1. The van der Waals surface area contributed by atoms with Crippen LogP contribution in [-0.2, 0) is 4.74 Å². The standard InChI is InChI=1S/C11H22O2/c1-2-3-4-5-6-7-8-10-11(9-12)13-10/h10-12H,2-9H2,1H3/t10-,11+/m1/s1. The quantitative estimate of drug-likeness (QED) is 0.466. The lowest BCUT2D eigenvalue weighted by Crippen LogP contribution is -1.98. The molecule has 0 aromatic carbocycles. The first-order valence-electron chi connectivity index (χ1n) is 5.64. The largest absolute Gasteiger partial charge is 0.394 e. The molecule has 0 unspecified atom stereocenters. The molecule has 1 aliphatic heterocycles. The molecule has 0 aromatic heterocycles. The van der Waals surface area contributed by atoms with E-state index in [0.717, 1.165) is 6.42 Å². The van der Waals surface area contributed by atoms with Crippen LogP contribution in [0.4, 0.5) is 0 Å². The van der Waals surface area contributed by atoms with Crippen LogP contribution in [0.5, 0.6) is 0 Å². The number of aliphatic hydroxyl groups excluding tert-OH is 1. The number of hydrogen-bond acceptors (Lipinski definition) is 2. The fraction of sp³-hybridized carbons (Fsp3) is 1.00. The molecule has 0 bridgehead atoms. The van der Waals surface area contributed by atoms with Crippen LogP contribution < -0.4 is 0 Å². The number of ether oxygens (including phenoxy) is 1. The molecule has 1 rings (SSSR count). The molecular formula is C11H22O2. The Bertz CT molecular complexity index is 125. The van der Waals surface area contributed by atoms with Gasteiger partial charge in [-0.15, -0.1) is 0 Å². The summed E-state index contributed by atoms with van der Waals surface area (Å²) in [5.74, 6) is 0. The predicted octanol–water partition coefficient (Wildman–Crippen LogP) is 2.50. The molecule has 2 heteroatoms. The van der Waals surface area contributed by atoms with Gasteiger partial charge in [0, 0.05) is 0 Å². The highest BCUT2D eigenvalue weighted by Crippen LogP contribution is 2.26. The van der Waals surface area contributed by atoms with E-state index in [2.05, 4.69) is 6.92 Å². The van der Waals surface area contributed by atoms with Gasteiger partial charge in [-0.2, -0.15) is 0 Å². The van der Waals surface area contributed by atoms with E-state index >= 15 is 0 Å². The number of rotatable bonds is 8. The van der Waals surface area contributed by atoms with Crippen molar-refractivity contribution >= 4 is 0 Å². The minimum absolute atomic E-state index is 0.177. The maximum atomic E-state index is 8.72. The monoisotopic (exact) mass is 186 g/mol. The van der Waals surface area contributed by atoms with Gasteiger partial charge in [0.05, 0.1) is 12.7 Å². The summed E-state index contributed by atoms with van der Waals surface area (Å²) in [5.41, 5.74) is 0. The minimum atomic E-state index is 0.177. The molecule has 0 radical (unpaired) electrons. The summed E-state index contributed by atoms with van der Waals surface area (Å²) in [4.78, 5) is 0. The summed E-state index contributed by atoms with van der Waals surface area (Å²) in [6.07, 6.45) is 9.75. The summed E-state index contributed by atoms with van der Waals surface area (Å²) in [7, 11) is 0. The summed E-state index contributed by atoms with van der Waals surface area (Å²) in [6.45, 7) is 2.45. The van der Waals surface area contributed by atoms with Gasteiger partial charge in [0.15, 0.2) is 0 Å². The fourth-order valence-electron chi connectivity index (χ4n) is 1.72. The van der Waals surface area contributed by atoms with Crippen LogP contribution >= 0.6 is 0 Å². The molecule has 0 aliphatic carbocycles. The van der Waals surface area contributed by atoms with E-state index in [1.807, 2.05) is 0 Å². The SMILES string of the molecule is CCCCCCCC[C@H]1O[C@H]1CO. The molecule has 0 saturated carbocycles. The van der Waals surface area contributed by atoms with Gasteiger partial charge < -0.3 is 9.84 Å². The maximum Gasteiger partial charge on any atom is 0.107 e. The lowest BCUT2D eigenvalue weighted by atomic mass is 10.1. The molecule has 0 amide bonds. The molecule has 2 nitrogen and oxygen atoms in total. The number of hydrogen-bond donors (Lipinski definition) is 1. The third kappa shape index (κ3) is 4.63. The highest BCUT2D eigenvalue weighted by Gasteiger charge is 2.36. The van der Waals surface area contributed by atoms with Crippen molar-refractivity contribution in [2.24, 2.45) is 0 Å². The Kier molecular flexibility index (Phi) is 5.40. The van der Waals surface area contributed by atoms with Crippen molar-refractivity contribution < 1.29 is 9.84 Å². The lowest BCUT2D eigenvalue weighted by molar-refractivity contribution is 0.241. The Morgan fingerprint density at radius 2 is 1.69 bits per heavy atom. The zero-order chi connectivity index (χ0) is 9.52. The summed E-state index contributed by atoms with van der Waals surface area (Å²) in [5, 5.41) is 8.72. The molecule has 1 heterocycles. The highest BCUT2D eigenvalue weighted by atomic mass is 16.6. The summed E-state index contributed by atoms with van der Waals surface area (Å²) < 4.78 is 5.24. The molecular weight excluding hydrogens is 164 g/mol. The van der Waals surface area contributed by atoms with Crippen molar-refractivity contribution in [3.05, 3.63) is 0 Å². The fourth-order valence-corrected chi connectivity index (χ4v) is 1.72. The van der Waals surface area contributed by atoms with E-state index in [9.17, 15) is 0 Å². The van der Waals surface area contributed by atoms with Gasteiger partial charge in [-0.3, -0.25) is 0 Å². The molecule has 1 aliphatic rings. The first-order valence-corrected chi connectivity index (χ1v) is 5.64. The highest BCUT2D eigenvalue weighted by molar-refractivity contribution is 4.83. The second-order valence-corrected chi connectivity index (χ2v) is 3.95. The van der Waals surface area contributed by atoms with Crippen LogP contribution in [0.2, 0.25) is 0 Å². The third-order valence-corrected chi connectivity index (χ3v) is 2.71. The van der Waals surface area contributed by atoms with Gasteiger partial charge in [0.2, 0.25) is 0 Å². The van der Waals surface area contributed by atoms with Crippen molar-refractivity contribution in [2.75, 3.05) is 6.61 Å². The average molecular weight is 186 g/mol. The van der Waals surface area contributed by atoms with Gasteiger partial charge in [-0.05, 0) is 6.42 Å². The van der Waals surface area contributed by atoms with Crippen molar-refractivity contribution in [2.45, 2.75) is 64.1 Å². The first-order chi connectivity index (χ1) is 6.38. The third-order valence-electron chi connectivity index (χ3n) is 2.71. The van der Waals surface area contributed by atoms with E-state index in [1.165, 1.54) is 38.5 Å². The second-order valence-electron chi connectivity index (χ2n) is 3.95. The molecule has 1 saturated heterocycles. The van der Waals surface area contributed by atoms with E-state index in [-0.39, 0.29) is 12.7 Å². The smallest absolute Gasteiger partial charge is 0.107 e. The van der Waals surface area contributed by atoms with Gasteiger partial charge in [0.25, 0.3) is 0 Å².